The SMILES string of the molecule is NCCCC(C(=O)O)N(CCO)CC(=O)O. The van der Waals surface area contributed by atoms with E-state index in [0.717, 1.165) is 0 Å². The smallest absolute Gasteiger partial charge is 0.320 e. The third-order valence-electron chi connectivity index (χ3n) is 2.13. The van der Waals surface area contributed by atoms with Crippen molar-refractivity contribution in [3.63, 3.8) is 0 Å². The molecule has 5 N–H and O–H groups in total. The van der Waals surface area contributed by atoms with Crippen LogP contribution in [-0.2, 0) is 9.59 Å². The number of carboxylic acid groups (broad SMARTS) is 2. The zero-order valence-electron chi connectivity index (χ0n) is 9.00. The van der Waals surface area contributed by atoms with E-state index in [0.29, 0.717) is 13.0 Å². The van der Waals surface area contributed by atoms with Crippen LogP contribution in [0.3, 0.4) is 0 Å². The van der Waals surface area contributed by atoms with Gasteiger partial charge in [-0.05, 0) is 19.4 Å². The summed E-state index contributed by atoms with van der Waals surface area (Å²) in [6.45, 7) is -0.306. The van der Waals surface area contributed by atoms with Crippen molar-refractivity contribution in [1.29, 1.82) is 0 Å². The lowest BCUT2D eigenvalue weighted by atomic mass is 10.1. The Morgan fingerprint density at radius 1 is 1.31 bits per heavy atom. The van der Waals surface area contributed by atoms with E-state index >= 15 is 0 Å². The quantitative estimate of drug-likeness (QED) is 0.385. The Kier molecular flexibility index (Phi) is 7.44. The van der Waals surface area contributed by atoms with Gasteiger partial charge in [-0.3, -0.25) is 14.5 Å². The molecule has 0 amide bonds. The van der Waals surface area contributed by atoms with Crippen LogP contribution in [0.2, 0.25) is 0 Å². The third-order valence-corrected chi connectivity index (χ3v) is 2.13. The van der Waals surface area contributed by atoms with Gasteiger partial charge >= 0.3 is 11.9 Å². The number of carbonyl (C=O) groups is 2. The molecule has 7 heteroatoms. The van der Waals surface area contributed by atoms with Gasteiger partial charge in [0.1, 0.15) is 6.04 Å². The normalized spacial score (nSPS) is 12.7. The first kappa shape index (κ1) is 14.8. The first-order valence-electron chi connectivity index (χ1n) is 5.02. The third kappa shape index (κ3) is 5.64. The summed E-state index contributed by atoms with van der Waals surface area (Å²) in [4.78, 5) is 22.7. The number of aliphatic hydroxyl groups excluding tert-OH is 1. The first-order chi connectivity index (χ1) is 7.52. The summed E-state index contributed by atoms with van der Waals surface area (Å²) in [6.07, 6.45) is 0.775. The van der Waals surface area contributed by atoms with Crippen molar-refractivity contribution in [2.75, 3.05) is 26.2 Å². The summed E-state index contributed by atoms with van der Waals surface area (Å²) in [5, 5.41) is 26.3. The molecular formula is C9H18N2O5. The van der Waals surface area contributed by atoms with E-state index in [1.807, 2.05) is 0 Å². The maximum atomic E-state index is 10.9. The van der Waals surface area contributed by atoms with E-state index in [9.17, 15) is 9.59 Å². The van der Waals surface area contributed by atoms with Crippen molar-refractivity contribution < 1.29 is 24.9 Å². The van der Waals surface area contributed by atoms with E-state index in [-0.39, 0.29) is 19.6 Å². The van der Waals surface area contributed by atoms with Gasteiger partial charge in [0.15, 0.2) is 0 Å². The Morgan fingerprint density at radius 2 is 1.94 bits per heavy atom. The van der Waals surface area contributed by atoms with Gasteiger partial charge in [0.25, 0.3) is 0 Å². The largest absolute Gasteiger partial charge is 0.480 e. The molecule has 0 aromatic carbocycles. The Morgan fingerprint density at radius 3 is 2.31 bits per heavy atom. The van der Waals surface area contributed by atoms with E-state index in [4.69, 9.17) is 21.1 Å². The molecular weight excluding hydrogens is 216 g/mol. The van der Waals surface area contributed by atoms with Crippen molar-refractivity contribution in [2.45, 2.75) is 18.9 Å². The summed E-state index contributed by atoms with van der Waals surface area (Å²) in [6, 6.07) is -0.910. The highest BCUT2D eigenvalue weighted by Crippen LogP contribution is 2.07. The molecule has 0 aliphatic rings. The lowest BCUT2D eigenvalue weighted by Crippen LogP contribution is -2.45. The highest BCUT2D eigenvalue weighted by atomic mass is 16.4. The van der Waals surface area contributed by atoms with Crippen molar-refractivity contribution in [1.82, 2.24) is 4.90 Å². The molecule has 0 saturated carbocycles. The van der Waals surface area contributed by atoms with Crippen LogP contribution in [0.1, 0.15) is 12.8 Å². The monoisotopic (exact) mass is 234 g/mol. The zero-order chi connectivity index (χ0) is 12.6. The number of hydrogen-bond donors (Lipinski definition) is 4. The molecule has 0 radical (unpaired) electrons. The molecule has 0 aromatic rings. The second kappa shape index (κ2) is 8.03. The van der Waals surface area contributed by atoms with Gasteiger partial charge in [0, 0.05) is 6.54 Å². The Bertz CT molecular complexity index is 234. The van der Waals surface area contributed by atoms with Gasteiger partial charge in [-0.25, -0.2) is 0 Å². The second-order valence-electron chi connectivity index (χ2n) is 3.37. The van der Waals surface area contributed by atoms with Crippen LogP contribution >= 0.6 is 0 Å². The fourth-order valence-electron chi connectivity index (χ4n) is 1.42. The van der Waals surface area contributed by atoms with Crippen LogP contribution in [0, 0.1) is 0 Å². The Labute approximate surface area is 93.5 Å². The summed E-state index contributed by atoms with van der Waals surface area (Å²) < 4.78 is 0. The maximum absolute atomic E-state index is 10.9. The summed E-state index contributed by atoms with van der Waals surface area (Å²) in [5.74, 6) is -2.21. The number of aliphatic carboxylic acids is 2. The van der Waals surface area contributed by atoms with Crippen molar-refractivity contribution in [2.24, 2.45) is 5.73 Å². The zero-order valence-corrected chi connectivity index (χ0v) is 9.00. The molecule has 1 atom stereocenters. The molecule has 7 nitrogen and oxygen atoms in total. The molecule has 0 rings (SSSR count). The van der Waals surface area contributed by atoms with Crippen LogP contribution in [0.4, 0.5) is 0 Å². The average Bonchev–Trinajstić information content (AvgIpc) is 2.17. The molecule has 0 bridgehead atoms. The highest BCUT2D eigenvalue weighted by Gasteiger charge is 2.26. The number of carboxylic acids is 2. The molecule has 0 aromatic heterocycles. The van der Waals surface area contributed by atoms with E-state index < -0.39 is 24.5 Å². The molecule has 0 aliphatic carbocycles. The Balaban J connectivity index is 4.51. The van der Waals surface area contributed by atoms with Crippen LogP contribution in [0.25, 0.3) is 0 Å². The van der Waals surface area contributed by atoms with Crippen LogP contribution in [0.15, 0.2) is 0 Å². The summed E-state index contributed by atoms with van der Waals surface area (Å²) in [5.41, 5.74) is 5.28. The number of nitrogens with zero attached hydrogens (tertiary/aromatic N) is 1. The fourth-order valence-corrected chi connectivity index (χ4v) is 1.42. The highest BCUT2D eigenvalue weighted by molar-refractivity contribution is 5.75. The predicted molar refractivity (Wildman–Crippen MR) is 56.0 cm³/mol. The first-order valence-corrected chi connectivity index (χ1v) is 5.02. The molecule has 0 heterocycles. The minimum Gasteiger partial charge on any atom is -0.480 e. The van der Waals surface area contributed by atoms with Gasteiger partial charge < -0.3 is 21.1 Å². The standard InChI is InChI=1S/C9H18N2O5/c10-3-1-2-7(9(15)16)11(4-5-12)6-8(13)14/h7,12H,1-6,10H2,(H,13,14)(H,15,16). The van der Waals surface area contributed by atoms with Crippen molar-refractivity contribution in [3.05, 3.63) is 0 Å². The van der Waals surface area contributed by atoms with E-state index in [2.05, 4.69) is 0 Å². The van der Waals surface area contributed by atoms with Crippen LogP contribution in [0.5, 0.6) is 0 Å². The maximum Gasteiger partial charge on any atom is 0.320 e. The molecule has 0 aliphatic heterocycles. The van der Waals surface area contributed by atoms with Crippen molar-refractivity contribution in [3.8, 4) is 0 Å². The van der Waals surface area contributed by atoms with Gasteiger partial charge in [-0.15, -0.1) is 0 Å². The van der Waals surface area contributed by atoms with E-state index in [1.54, 1.807) is 0 Å². The number of aliphatic hydroxyl groups is 1. The van der Waals surface area contributed by atoms with Gasteiger partial charge in [-0.2, -0.15) is 0 Å². The lowest BCUT2D eigenvalue weighted by Gasteiger charge is -2.26. The van der Waals surface area contributed by atoms with Gasteiger partial charge in [0.05, 0.1) is 13.2 Å². The number of rotatable bonds is 9. The Hall–Kier alpha value is -1.18. The summed E-state index contributed by atoms with van der Waals surface area (Å²) >= 11 is 0. The molecule has 0 spiro atoms. The number of nitrogens with two attached hydrogens (primary N) is 1. The van der Waals surface area contributed by atoms with Gasteiger partial charge in [0.2, 0.25) is 0 Å². The molecule has 0 saturated heterocycles. The lowest BCUT2D eigenvalue weighted by molar-refractivity contribution is -0.146. The minimum atomic E-state index is -1.12. The van der Waals surface area contributed by atoms with Gasteiger partial charge in [-0.1, -0.05) is 0 Å². The van der Waals surface area contributed by atoms with Crippen molar-refractivity contribution >= 4 is 11.9 Å². The molecule has 16 heavy (non-hydrogen) atoms. The number of hydrogen-bond acceptors (Lipinski definition) is 5. The molecule has 94 valence electrons. The van der Waals surface area contributed by atoms with Crippen LogP contribution < -0.4 is 5.73 Å². The van der Waals surface area contributed by atoms with Crippen LogP contribution in [-0.4, -0.2) is 64.4 Å². The fraction of sp³-hybridized carbons (Fsp3) is 0.778. The summed E-state index contributed by atoms with van der Waals surface area (Å²) in [7, 11) is 0. The second-order valence-corrected chi connectivity index (χ2v) is 3.37. The molecule has 1 unspecified atom stereocenters. The molecule has 0 fully saturated rings. The topological polar surface area (TPSA) is 124 Å². The van der Waals surface area contributed by atoms with E-state index in [1.165, 1.54) is 4.90 Å². The predicted octanol–water partition coefficient (Wildman–Crippen LogP) is -1.44. The average molecular weight is 234 g/mol. The minimum absolute atomic E-state index is 0.0217.